The smallest absolute Gasteiger partial charge is 0.167 e. The molecule has 4 heterocycles. The van der Waals surface area contributed by atoms with Gasteiger partial charge in [0.25, 0.3) is 0 Å². The Bertz CT molecular complexity index is 738. The van der Waals surface area contributed by atoms with Crippen LogP contribution in [0, 0.1) is 0 Å². The molecule has 24 heavy (non-hydrogen) atoms. The molecule has 2 bridgehead atoms. The Morgan fingerprint density at radius 2 is 2.33 bits per heavy atom. The van der Waals surface area contributed by atoms with Crippen molar-refractivity contribution in [1.29, 1.82) is 0 Å². The second-order valence-electron chi connectivity index (χ2n) is 6.23. The molecular weight excluding hydrogens is 314 g/mol. The summed E-state index contributed by atoms with van der Waals surface area (Å²) in [5.41, 5.74) is 6.08. The monoisotopic (exact) mass is 335 g/mol. The quantitative estimate of drug-likeness (QED) is 0.722. The zero-order valence-electron chi connectivity index (χ0n) is 13.5. The molecule has 9 heteroatoms. The minimum absolute atomic E-state index is 0.166. The Morgan fingerprint density at radius 3 is 3.12 bits per heavy atom. The molecule has 0 saturated carbocycles. The van der Waals surface area contributed by atoms with Crippen LogP contribution in [0.2, 0.25) is 0 Å². The summed E-state index contributed by atoms with van der Waals surface area (Å²) in [5, 5.41) is 9.89. The fraction of sp³-hybridized carbons (Fsp3) is 0.667. The molecule has 4 rings (SSSR count). The number of aromatic nitrogens is 4. The Balaban J connectivity index is 1.66. The van der Waals surface area contributed by atoms with Crippen LogP contribution < -0.4 is 5.73 Å². The van der Waals surface area contributed by atoms with Crippen molar-refractivity contribution in [3.63, 3.8) is 0 Å². The standard InChI is InChI=1S/C15H21N5O4/c1-2-3-4-22-11-10-14(24-15(11,5-21)6-23-10)20-8-19-9-12(16)17-7-18-13(9)20/h7-8,10-11,14,21H,2-6H2,1H3,(H2,16,17,18)/t10?,11?,14-,15+/m1/s1. The fourth-order valence-corrected chi connectivity index (χ4v) is 3.39. The van der Waals surface area contributed by atoms with Crippen LogP contribution in [0.4, 0.5) is 5.82 Å². The van der Waals surface area contributed by atoms with E-state index < -0.39 is 11.8 Å². The van der Waals surface area contributed by atoms with Gasteiger partial charge in [-0.1, -0.05) is 13.3 Å². The third kappa shape index (κ3) is 2.20. The SMILES string of the molecule is CCCCOC1C2OC[C@]1(CO)O[C@H]2n1cnc2c(N)ncnc21. The first kappa shape index (κ1) is 15.7. The third-order valence-electron chi connectivity index (χ3n) is 4.70. The lowest BCUT2D eigenvalue weighted by atomic mass is 10.00. The van der Waals surface area contributed by atoms with Crippen LogP contribution in [0.3, 0.4) is 0 Å². The van der Waals surface area contributed by atoms with Crippen LogP contribution in [-0.4, -0.2) is 62.3 Å². The number of nitrogen functional groups attached to an aromatic ring is 1. The number of nitrogens with two attached hydrogens (primary N) is 1. The van der Waals surface area contributed by atoms with Crippen LogP contribution >= 0.6 is 0 Å². The van der Waals surface area contributed by atoms with Crippen molar-refractivity contribution in [2.75, 3.05) is 25.6 Å². The number of aliphatic hydroxyl groups is 1. The molecule has 0 radical (unpaired) electrons. The van der Waals surface area contributed by atoms with Gasteiger partial charge in [0.2, 0.25) is 0 Å². The summed E-state index contributed by atoms with van der Waals surface area (Å²) in [7, 11) is 0. The van der Waals surface area contributed by atoms with E-state index in [-0.39, 0.29) is 18.8 Å². The average Bonchev–Trinajstić information content (AvgIpc) is 3.26. The van der Waals surface area contributed by atoms with E-state index in [1.165, 1.54) is 6.33 Å². The van der Waals surface area contributed by atoms with Gasteiger partial charge in [0.1, 0.15) is 29.7 Å². The number of imidazole rings is 1. The maximum Gasteiger partial charge on any atom is 0.167 e. The average molecular weight is 335 g/mol. The van der Waals surface area contributed by atoms with Gasteiger partial charge in [-0.25, -0.2) is 15.0 Å². The first-order valence-corrected chi connectivity index (χ1v) is 8.15. The maximum absolute atomic E-state index is 9.89. The van der Waals surface area contributed by atoms with E-state index in [0.717, 1.165) is 12.8 Å². The predicted molar refractivity (Wildman–Crippen MR) is 84.1 cm³/mol. The van der Waals surface area contributed by atoms with Crippen molar-refractivity contribution in [1.82, 2.24) is 19.5 Å². The summed E-state index contributed by atoms with van der Waals surface area (Å²) in [5.74, 6) is 0.315. The van der Waals surface area contributed by atoms with Crippen molar-refractivity contribution in [3.05, 3.63) is 12.7 Å². The number of anilines is 1. The Morgan fingerprint density at radius 1 is 1.46 bits per heavy atom. The van der Waals surface area contributed by atoms with Gasteiger partial charge in [0, 0.05) is 6.61 Å². The van der Waals surface area contributed by atoms with Crippen molar-refractivity contribution in [3.8, 4) is 0 Å². The number of fused-ring (bicyclic) bond motifs is 3. The Hall–Kier alpha value is -1.81. The summed E-state index contributed by atoms with van der Waals surface area (Å²) >= 11 is 0. The summed E-state index contributed by atoms with van der Waals surface area (Å²) in [6.45, 7) is 2.86. The molecule has 2 saturated heterocycles. The molecule has 0 aromatic carbocycles. The lowest BCUT2D eigenvalue weighted by Crippen LogP contribution is -2.45. The third-order valence-corrected chi connectivity index (χ3v) is 4.70. The highest BCUT2D eigenvalue weighted by Crippen LogP contribution is 2.47. The van der Waals surface area contributed by atoms with E-state index in [9.17, 15) is 5.11 Å². The van der Waals surface area contributed by atoms with E-state index in [0.29, 0.717) is 30.2 Å². The van der Waals surface area contributed by atoms with Gasteiger partial charge in [0.15, 0.2) is 17.7 Å². The highest BCUT2D eigenvalue weighted by Gasteiger charge is 2.63. The second kappa shape index (κ2) is 5.92. The summed E-state index contributed by atoms with van der Waals surface area (Å²) < 4.78 is 19.8. The molecule has 2 aliphatic rings. The lowest BCUT2D eigenvalue weighted by Gasteiger charge is -2.29. The fourth-order valence-electron chi connectivity index (χ4n) is 3.39. The number of aliphatic hydroxyl groups excluding tert-OH is 1. The van der Waals surface area contributed by atoms with Crippen molar-refractivity contribution >= 4 is 17.0 Å². The van der Waals surface area contributed by atoms with E-state index in [1.807, 2.05) is 0 Å². The van der Waals surface area contributed by atoms with Gasteiger partial charge in [-0.05, 0) is 6.42 Å². The van der Waals surface area contributed by atoms with E-state index in [2.05, 4.69) is 21.9 Å². The number of hydrogen-bond donors (Lipinski definition) is 2. The molecular formula is C15H21N5O4. The highest BCUT2D eigenvalue weighted by molar-refractivity contribution is 5.81. The van der Waals surface area contributed by atoms with Crippen LogP contribution in [0.15, 0.2) is 12.7 Å². The van der Waals surface area contributed by atoms with Crippen LogP contribution in [0.25, 0.3) is 11.2 Å². The molecule has 2 aromatic heterocycles. The minimum Gasteiger partial charge on any atom is -0.393 e. The largest absolute Gasteiger partial charge is 0.393 e. The van der Waals surface area contributed by atoms with E-state index in [1.54, 1.807) is 10.9 Å². The van der Waals surface area contributed by atoms with Gasteiger partial charge >= 0.3 is 0 Å². The Kier molecular flexibility index (Phi) is 3.87. The number of hydrogen-bond acceptors (Lipinski definition) is 8. The molecule has 0 spiro atoms. The predicted octanol–water partition coefficient (Wildman–Crippen LogP) is 0.253. The number of unbranched alkanes of at least 4 members (excludes halogenated alkanes) is 1. The zero-order valence-corrected chi connectivity index (χ0v) is 13.5. The summed E-state index contributed by atoms with van der Waals surface area (Å²) in [6.07, 6.45) is 3.86. The van der Waals surface area contributed by atoms with E-state index in [4.69, 9.17) is 19.9 Å². The molecule has 0 amide bonds. The molecule has 9 nitrogen and oxygen atoms in total. The van der Waals surface area contributed by atoms with Gasteiger partial charge in [-0.15, -0.1) is 0 Å². The van der Waals surface area contributed by atoms with Gasteiger partial charge < -0.3 is 25.1 Å². The van der Waals surface area contributed by atoms with Gasteiger partial charge in [-0.2, -0.15) is 0 Å². The maximum atomic E-state index is 9.89. The first-order chi connectivity index (χ1) is 11.7. The summed E-state index contributed by atoms with van der Waals surface area (Å²) in [4.78, 5) is 12.5. The van der Waals surface area contributed by atoms with Crippen LogP contribution in [0.1, 0.15) is 26.0 Å². The molecule has 2 fully saturated rings. The second-order valence-corrected chi connectivity index (χ2v) is 6.23. The van der Waals surface area contributed by atoms with Gasteiger partial charge in [0.05, 0.1) is 19.5 Å². The summed E-state index contributed by atoms with van der Waals surface area (Å²) in [6, 6.07) is 0. The zero-order chi connectivity index (χ0) is 16.7. The molecule has 2 aromatic rings. The molecule has 0 aliphatic carbocycles. The normalized spacial score (nSPS) is 32.0. The number of ether oxygens (including phenoxy) is 3. The first-order valence-electron chi connectivity index (χ1n) is 8.15. The minimum atomic E-state index is -0.849. The van der Waals surface area contributed by atoms with Crippen molar-refractivity contribution in [2.45, 2.75) is 43.8 Å². The highest BCUT2D eigenvalue weighted by atomic mass is 16.7. The lowest BCUT2D eigenvalue weighted by molar-refractivity contribution is -0.186. The number of rotatable bonds is 6. The van der Waals surface area contributed by atoms with E-state index >= 15 is 0 Å². The van der Waals surface area contributed by atoms with Crippen LogP contribution in [0.5, 0.6) is 0 Å². The Labute approximate surface area is 138 Å². The van der Waals surface area contributed by atoms with Crippen molar-refractivity contribution < 1.29 is 19.3 Å². The van der Waals surface area contributed by atoms with Gasteiger partial charge in [-0.3, -0.25) is 4.57 Å². The molecule has 4 atom stereocenters. The van der Waals surface area contributed by atoms with Crippen LogP contribution in [-0.2, 0) is 14.2 Å². The van der Waals surface area contributed by atoms with Crippen molar-refractivity contribution in [2.24, 2.45) is 0 Å². The number of nitrogens with zero attached hydrogens (tertiary/aromatic N) is 4. The molecule has 3 N–H and O–H groups in total. The molecule has 2 aliphatic heterocycles. The molecule has 2 unspecified atom stereocenters. The topological polar surface area (TPSA) is 118 Å². The molecule has 130 valence electrons.